The van der Waals surface area contributed by atoms with Crippen molar-refractivity contribution < 1.29 is 0 Å². The van der Waals surface area contributed by atoms with Crippen LogP contribution in [-0.4, -0.2) is 12.6 Å². The average Bonchev–Trinajstić information content (AvgIpc) is 2.79. The summed E-state index contributed by atoms with van der Waals surface area (Å²) in [5.41, 5.74) is 0.595. The van der Waals surface area contributed by atoms with Crippen molar-refractivity contribution in [2.24, 2.45) is 5.41 Å². The highest BCUT2D eigenvalue weighted by Crippen LogP contribution is 2.45. The molecule has 0 aromatic carbocycles. The predicted molar refractivity (Wildman–Crippen MR) is 72.7 cm³/mol. The van der Waals surface area contributed by atoms with Crippen molar-refractivity contribution in [1.29, 1.82) is 0 Å². The van der Waals surface area contributed by atoms with Crippen LogP contribution in [0.15, 0.2) is 12.7 Å². The summed E-state index contributed by atoms with van der Waals surface area (Å²) in [4.78, 5) is 0. The van der Waals surface area contributed by atoms with Crippen molar-refractivity contribution in [3.8, 4) is 0 Å². The van der Waals surface area contributed by atoms with Crippen LogP contribution < -0.4 is 5.32 Å². The first-order chi connectivity index (χ1) is 7.79. The molecule has 1 heteroatoms. The minimum absolute atomic E-state index is 0.595. The number of nitrogens with one attached hydrogen (secondary N) is 1. The fourth-order valence-corrected chi connectivity index (χ4v) is 3.26. The van der Waals surface area contributed by atoms with Crippen LogP contribution in [0.5, 0.6) is 0 Å². The lowest BCUT2D eigenvalue weighted by Gasteiger charge is -2.38. The lowest BCUT2D eigenvalue weighted by molar-refractivity contribution is 0.177. The van der Waals surface area contributed by atoms with Gasteiger partial charge in [-0.15, -0.1) is 6.58 Å². The molecule has 16 heavy (non-hydrogen) atoms. The predicted octanol–water partition coefficient (Wildman–Crippen LogP) is 4.29. The fourth-order valence-electron chi connectivity index (χ4n) is 3.26. The number of hydrogen-bond acceptors (Lipinski definition) is 1. The molecule has 1 aliphatic carbocycles. The Morgan fingerprint density at radius 1 is 1.31 bits per heavy atom. The van der Waals surface area contributed by atoms with E-state index in [9.17, 15) is 0 Å². The van der Waals surface area contributed by atoms with E-state index >= 15 is 0 Å². The van der Waals surface area contributed by atoms with Crippen LogP contribution in [0.1, 0.15) is 65.2 Å². The molecule has 0 spiro atoms. The second kappa shape index (κ2) is 7.11. The topological polar surface area (TPSA) is 12.0 Å². The minimum atomic E-state index is 0.595. The van der Waals surface area contributed by atoms with Gasteiger partial charge in [-0.2, -0.15) is 0 Å². The third kappa shape index (κ3) is 3.35. The van der Waals surface area contributed by atoms with Crippen LogP contribution in [-0.2, 0) is 0 Å². The molecule has 0 aliphatic heterocycles. The first kappa shape index (κ1) is 13.8. The lowest BCUT2D eigenvalue weighted by Crippen LogP contribution is -2.44. The SMILES string of the molecule is C=CCCC(NCCC)C1(CC)CCCC1. The Labute approximate surface area is 102 Å². The van der Waals surface area contributed by atoms with Gasteiger partial charge in [0.05, 0.1) is 0 Å². The van der Waals surface area contributed by atoms with Crippen LogP contribution >= 0.6 is 0 Å². The van der Waals surface area contributed by atoms with E-state index in [1.165, 1.54) is 51.5 Å². The summed E-state index contributed by atoms with van der Waals surface area (Å²) < 4.78 is 0. The molecule has 0 saturated heterocycles. The van der Waals surface area contributed by atoms with Crippen LogP contribution in [0, 0.1) is 5.41 Å². The van der Waals surface area contributed by atoms with Crippen LogP contribution in [0.3, 0.4) is 0 Å². The monoisotopic (exact) mass is 223 g/mol. The molecule has 0 heterocycles. The first-order valence-electron chi connectivity index (χ1n) is 7.13. The van der Waals surface area contributed by atoms with Crippen molar-refractivity contribution in [3.05, 3.63) is 12.7 Å². The molecule has 1 atom stereocenters. The summed E-state index contributed by atoms with van der Waals surface area (Å²) in [5.74, 6) is 0. The second-order valence-corrected chi connectivity index (χ2v) is 5.30. The molecular formula is C15H29N. The fraction of sp³-hybridized carbons (Fsp3) is 0.867. The van der Waals surface area contributed by atoms with E-state index in [0.29, 0.717) is 5.41 Å². The lowest BCUT2D eigenvalue weighted by atomic mass is 9.74. The van der Waals surface area contributed by atoms with Crippen molar-refractivity contribution in [3.63, 3.8) is 0 Å². The molecule has 0 radical (unpaired) electrons. The Balaban J connectivity index is 2.59. The Morgan fingerprint density at radius 2 is 2.00 bits per heavy atom. The van der Waals surface area contributed by atoms with Gasteiger partial charge < -0.3 is 5.32 Å². The summed E-state index contributed by atoms with van der Waals surface area (Å²) in [5, 5.41) is 3.79. The normalized spacial score (nSPS) is 20.9. The molecule has 1 fully saturated rings. The standard InChI is InChI=1S/C15H29N/c1-4-7-10-14(16-13-5-2)15(6-3)11-8-9-12-15/h4,14,16H,1,5-13H2,2-3H3. The average molecular weight is 223 g/mol. The molecule has 0 aromatic heterocycles. The zero-order valence-electron chi connectivity index (χ0n) is 11.2. The molecule has 0 amide bonds. The zero-order chi connectivity index (χ0) is 11.9. The number of allylic oxidation sites excluding steroid dienone is 1. The molecule has 1 saturated carbocycles. The molecule has 0 aromatic rings. The summed E-state index contributed by atoms with van der Waals surface area (Å²) in [6.07, 6.45) is 12.8. The Kier molecular flexibility index (Phi) is 6.12. The van der Waals surface area contributed by atoms with Gasteiger partial charge in [0.15, 0.2) is 0 Å². The van der Waals surface area contributed by atoms with E-state index in [1.807, 2.05) is 0 Å². The van der Waals surface area contributed by atoms with E-state index in [2.05, 4.69) is 31.8 Å². The Bertz CT molecular complexity index is 192. The van der Waals surface area contributed by atoms with Gasteiger partial charge in [-0.25, -0.2) is 0 Å². The van der Waals surface area contributed by atoms with Gasteiger partial charge in [-0.1, -0.05) is 32.8 Å². The van der Waals surface area contributed by atoms with Crippen molar-refractivity contribution in [2.45, 2.75) is 71.3 Å². The first-order valence-corrected chi connectivity index (χ1v) is 7.13. The van der Waals surface area contributed by atoms with Gasteiger partial charge >= 0.3 is 0 Å². The summed E-state index contributed by atoms with van der Waals surface area (Å²) >= 11 is 0. The zero-order valence-corrected chi connectivity index (χ0v) is 11.2. The van der Waals surface area contributed by atoms with Gasteiger partial charge in [-0.05, 0) is 50.5 Å². The van der Waals surface area contributed by atoms with Gasteiger partial charge in [0.1, 0.15) is 0 Å². The summed E-state index contributed by atoms with van der Waals surface area (Å²) in [7, 11) is 0. The number of rotatable bonds is 8. The summed E-state index contributed by atoms with van der Waals surface area (Å²) in [6.45, 7) is 9.66. The van der Waals surface area contributed by atoms with Crippen LogP contribution in [0.25, 0.3) is 0 Å². The molecule has 0 bridgehead atoms. The Hall–Kier alpha value is -0.300. The minimum Gasteiger partial charge on any atom is -0.313 e. The Morgan fingerprint density at radius 3 is 2.50 bits per heavy atom. The van der Waals surface area contributed by atoms with E-state index in [-0.39, 0.29) is 0 Å². The van der Waals surface area contributed by atoms with Crippen LogP contribution in [0.4, 0.5) is 0 Å². The largest absolute Gasteiger partial charge is 0.313 e. The maximum atomic E-state index is 3.86. The third-order valence-corrected chi connectivity index (χ3v) is 4.34. The number of hydrogen-bond donors (Lipinski definition) is 1. The van der Waals surface area contributed by atoms with E-state index in [4.69, 9.17) is 0 Å². The summed E-state index contributed by atoms with van der Waals surface area (Å²) in [6, 6.07) is 0.720. The third-order valence-electron chi connectivity index (χ3n) is 4.34. The molecule has 1 N–H and O–H groups in total. The highest BCUT2D eigenvalue weighted by atomic mass is 14.9. The highest BCUT2D eigenvalue weighted by molar-refractivity contribution is 4.94. The highest BCUT2D eigenvalue weighted by Gasteiger charge is 2.38. The molecule has 1 aliphatic rings. The van der Waals surface area contributed by atoms with E-state index < -0.39 is 0 Å². The van der Waals surface area contributed by atoms with Gasteiger partial charge in [0.2, 0.25) is 0 Å². The second-order valence-electron chi connectivity index (χ2n) is 5.30. The van der Waals surface area contributed by atoms with Crippen molar-refractivity contribution in [1.82, 2.24) is 5.32 Å². The van der Waals surface area contributed by atoms with Crippen molar-refractivity contribution >= 4 is 0 Å². The van der Waals surface area contributed by atoms with Gasteiger partial charge in [0.25, 0.3) is 0 Å². The quantitative estimate of drug-likeness (QED) is 0.605. The molecular weight excluding hydrogens is 194 g/mol. The van der Waals surface area contributed by atoms with Crippen LogP contribution in [0.2, 0.25) is 0 Å². The molecule has 1 nitrogen and oxygen atoms in total. The smallest absolute Gasteiger partial charge is 0.0126 e. The molecule has 1 rings (SSSR count). The van der Waals surface area contributed by atoms with Crippen molar-refractivity contribution in [2.75, 3.05) is 6.54 Å². The van der Waals surface area contributed by atoms with Gasteiger partial charge in [0, 0.05) is 6.04 Å². The molecule has 1 unspecified atom stereocenters. The maximum absolute atomic E-state index is 3.86. The van der Waals surface area contributed by atoms with E-state index in [0.717, 1.165) is 12.5 Å². The van der Waals surface area contributed by atoms with Gasteiger partial charge in [-0.3, -0.25) is 0 Å². The molecule has 94 valence electrons. The van der Waals surface area contributed by atoms with E-state index in [1.54, 1.807) is 0 Å². The maximum Gasteiger partial charge on any atom is 0.0126 e.